The molecule has 6 nitrogen and oxygen atoms in total. The number of nitriles is 1. The molecule has 32 heavy (non-hydrogen) atoms. The van der Waals surface area contributed by atoms with Crippen LogP contribution in [0, 0.1) is 23.2 Å². The van der Waals surface area contributed by atoms with Gasteiger partial charge in [-0.25, -0.2) is 0 Å². The first-order chi connectivity index (χ1) is 15.2. The second-order valence-electron chi connectivity index (χ2n) is 7.40. The highest BCUT2D eigenvalue weighted by Crippen LogP contribution is 2.37. The number of carbonyl (C=O) groups excluding carboxylic acids is 1. The lowest BCUT2D eigenvalue weighted by molar-refractivity contribution is -0.137. The van der Waals surface area contributed by atoms with Crippen LogP contribution in [-0.4, -0.2) is 39.8 Å². The molecule has 2 aromatic carbocycles. The van der Waals surface area contributed by atoms with Gasteiger partial charge in [0.2, 0.25) is 5.91 Å². The van der Waals surface area contributed by atoms with Gasteiger partial charge in [0, 0.05) is 37.5 Å². The molecule has 0 bridgehead atoms. The number of amides is 1. The SMILES string of the molecule is COC[C@H]1CN(c2ccc(C#N)c(C(F)(F)F)c2)C[C@@H]1C(=O)Nc1ccc(OC)c(Cl)c1. The van der Waals surface area contributed by atoms with Gasteiger partial charge in [-0.15, -0.1) is 0 Å². The standard InChI is InChI=1S/C22H21ClF3N3O3/c1-31-12-14-10-29(16-5-3-13(9-27)18(8-16)22(24,25)26)11-17(14)21(30)28-15-4-6-20(32-2)19(23)7-15/h3-8,14,17H,10-12H2,1-2H3,(H,28,30)/t14-,17+/m1/s1. The minimum Gasteiger partial charge on any atom is -0.495 e. The fraction of sp³-hybridized carbons (Fsp3) is 0.364. The summed E-state index contributed by atoms with van der Waals surface area (Å²) < 4.78 is 50.4. The topological polar surface area (TPSA) is 74.6 Å². The molecule has 10 heteroatoms. The van der Waals surface area contributed by atoms with Gasteiger partial charge < -0.3 is 19.7 Å². The zero-order valence-electron chi connectivity index (χ0n) is 17.4. The molecule has 1 amide bonds. The number of anilines is 2. The first-order valence-corrected chi connectivity index (χ1v) is 10.0. The molecular formula is C22H21ClF3N3O3. The second kappa shape index (κ2) is 9.67. The molecule has 1 fully saturated rings. The Morgan fingerprint density at radius 1 is 1.25 bits per heavy atom. The van der Waals surface area contributed by atoms with Crippen molar-refractivity contribution in [2.24, 2.45) is 11.8 Å². The number of ether oxygens (including phenoxy) is 2. The lowest BCUT2D eigenvalue weighted by atomic mass is 9.96. The summed E-state index contributed by atoms with van der Waals surface area (Å²) in [5.41, 5.74) is -0.672. The van der Waals surface area contributed by atoms with Crippen LogP contribution in [0.15, 0.2) is 36.4 Å². The van der Waals surface area contributed by atoms with Crippen LogP contribution in [-0.2, 0) is 15.7 Å². The number of methoxy groups -OCH3 is 2. The summed E-state index contributed by atoms with van der Waals surface area (Å²) in [5.74, 6) is -0.588. The molecule has 1 aliphatic heterocycles. The maximum atomic E-state index is 13.4. The van der Waals surface area contributed by atoms with Crippen LogP contribution < -0.4 is 15.0 Å². The van der Waals surface area contributed by atoms with E-state index in [9.17, 15) is 18.0 Å². The number of hydrogen-bond donors (Lipinski definition) is 1. The zero-order valence-corrected chi connectivity index (χ0v) is 18.1. The summed E-state index contributed by atoms with van der Waals surface area (Å²) in [4.78, 5) is 14.7. The molecule has 0 aromatic heterocycles. The van der Waals surface area contributed by atoms with E-state index in [2.05, 4.69) is 5.32 Å². The first-order valence-electron chi connectivity index (χ1n) is 9.67. The van der Waals surface area contributed by atoms with Gasteiger partial charge in [-0.3, -0.25) is 4.79 Å². The third-order valence-corrected chi connectivity index (χ3v) is 5.67. The number of rotatable bonds is 6. The van der Waals surface area contributed by atoms with E-state index < -0.39 is 23.2 Å². The van der Waals surface area contributed by atoms with Crippen molar-refractivity contribution < 1.29 is 27.4 Å². The Morgan fingerprint density at radius 3 is 2.59 bits per heavy atom. The van der Waals surface area contributed by atoms with Gasteiger partial charge in [-0.1, -0.05) is 11.6 Å². The molecule has 0 unspecified atom stereocenters. The fourth-order valence-electron chi connectivity index (χ4n) is 3.80. The predicted octanol–water partition coefficient (Wildman–Crippen LogP) is 4.58. The monoisotopic (exact) mass is 467 g/mol. The predicted molar refractivity (Wildman–Crippen MR) is 114 cm³/mol. The number of benzene rings is 2. The van der Waals surface area contributed by atoms with Crippen LogP contribution >= 0.6 is 11.6 Å². The Labute approximate surface area is 188 Å². The van der Waals surface area contributed by atoms with Gasteiger partial charge in [0.05, 0.1) is 41.9 Å². The molecule has 170 valence electrons. The van der Waals surface area contributed by atoms with Crippen molar-refractivity contribution >= 4 is 28.9 Å². The van der Waals surface area contributed by atoms with Crippen molar-refractivity contribution in [1.29, 1.82) is 5.26 Å². The highest BCUT2D eigenvalue weighted by molar-refractivity contribution is 6.32. The van der Waals surface area contributed by atoms with Crippen molar-refractivity contribution in [3.8, 4) is 11.8 Å². The summed E-state index contributed by atoms with van der Waals surface area (Å²) in [6.45, 7) is 0.797. The van der Waals surface area contributed by atoms with E-state index in [1.54, 1.807) is 29.2 Å². The molecular weight excluding hydrogens is 447 g/mol. The summed E-state index contributed by atoms with van der Waals surface area (Å²) >= 11 is 6.11. The molecule has 1 aliphatic rings. The molecule has 0 saturated carbocycles. The molecule has 0 radical (unpaired) electrons. The Bertz CT molecular complexity index is 1040. The van der Waals surface area contributed by atoms with Crippen LogP contribution in [0.2, 0.25) is 5.02 Å². The van der Waals surface area contributed by atoms with Crippen LogP contribution in [0.4, 0.5) is 24.5 Å². The van der Waals surface area contributed by atoms with E-state index in [0.29, 0.717) is 28.7 Å². The van der Waals surface area contributed by atoms with Gasteiger partial charge >= 0.3 is 6.18 Å². The molecule has 2 atom stereocenters. The van der Waals surface area contributed by atoms with E-state index in [1.165, 1.54) is 20.3 Å². The number of hydrogen-bond acceptors (Lipinski definition) is 5. The average molecular weight is 468 g/mol. The van der Waals surface area contributed by atoms with Crippen LogP contribution in [0.5, 0.6) is 5.75 Å². The van der Waals surface area contributed by atoms with Crippen molar-refractivity contribution in [2.45, 2.75) is 6.18 Å². The Kier molecular flexibility index (Phi) is 7.16. The lowest BCUT2D eigenvalue weighted by Gasteiger charge is -2.20. The number of nitrogens with zero attached hydrogens (tertiary/aromatic N) is 2. The van der Waals surface area contributed by atoms with Crippen molar-refractivity contribution in [3.05, 3.63) is 52.5 Å². The highest BCUT2D eigenvalue weighted by atomic mass is 35.5. The fourth-order valence-corrected chi connectivity index (χ4v) is 4.06. The zero-order chi connectivity index (χ0) is 23.5. The van der Waals surface area contributed by atoms with E-state index >= 15 is 0 Å². The van der Waals surface area contributed by atoms with Crippen LogP contribution in [0.3, 0.4) is 0 Å². The Morgan fingerprint density at radius 2 is 2.00 bits per heavy atom. The molecule has 0 spiro atoms. The maximum absolute atomic E-state index is 13.4. The van der Waals surface area contributed by atoms with E-state index in [0.717, 1.165) is 12.1 Å². The molecule has 1 N–H and O–H groups in total. The number of alkyl halides is 3. The summed E-state index contributed by atoms with van der Waals surface area (Å²) in [5, 5.41) is 12.2. The smallest absolute Gasteiger partial charge is 0.417 e. The third-order valence-electron chi connectivity index (χ3n) is 5.37. The van der Waals surface area contributed by atoms with Gasteiger partial charge in [0.1, 0.15) is 5.75 Å². The van der Waals surface area contributed by atoms with Gasteiger partial charge in [0.15, 0.2) is 0 Å². The summed E-state index contributed by atoms with van der Waals surface area (Å²) in [7, 11) is 2.99. The normalized spacial score (nSPS) is 18.3. The van der Waals surface area contributed by atoms with E-state index in [-0.39, 0.29) is 25.0 Å². The largest absolute Gasteiger partial charge is 0.495 e. The number of nitrogens with one attached hydrogen (secondary N) is 1. The molecule has 0 aliphatic carbocycles. The van der Waals surface area contributed by atoms with Crippen molar-refractivity contribution in [1.82, 2.24) is 0 Å². The van der Waals surface area contributed by atoms with Crippen LogP contribution in [0.25, 0.3) is 0 Å². The molecule has 3 rings (SSSR count). The lowest BCUT2D eigenvalue weighted by Crippen LogP contribution is -2.31. The maximum Gasteiger partial charge on any atom is 0.417 e. The second-order valence-corrected chi connectivity index (χ2v) is 7.81. The van der Waals surface area contributed by atoms with Crippen LogP contribution in [0.1, 0.15) is 11.1 Å². The minimum absolute atomic E-state index is 0.201. The molecule has 2 aromatic rings. The summed E-state index contributed by atoms with van der Waals surface area (Å²) in [6, 6.07) is 9.97. The van der Waals surface area contributed by atoms with Crippen molar-refractivity contribution in [2.75, 3.05) is 44.1 Å². The van der Waals surface area contributed by atoms with Gasteiger partial charge in [0.25, 0.3) is 0 Å². The number of carbonyl (C=O) groups is 1. The Balaban J connectivity index is 1.82. The Hall–Kier alpha value is -2.96. The molecule has 1 heterocycles. The first kappa shape index (κ1) is 23.7. The average Bonchev–Trinajstić information content (AvgIpc) is 3.17. The van der Waals surface area contributed by atoms with E-state index in [1.807, 2.05) is 0 Å². The summed E-state index contributed by atoms with van der Waals surface area (Å²) in [6.07, 6.45) is -4.66. The quantitative estimate of drug-likeness (QED) is 0.673. The van der Waals surface area contributed by atoms with E-state index in [4.69, 9.17) is 26.3 Å². The van der Waals surface area contributed by atoms with Gasteiger partial charge in [-0.05, 0) is 36.4 Å². The molecule has 1 saturated heterocycles. The van der Waals surface area contributed by atoms with Crippen molar-refractivity contribution in [3.63, 3.8) is 0 Å². The number of halogens is 4. The highest BCUT2D eigenvalue weighted by Gasteiger charge is 2.39. The third kappa shape index (κ3) is 5.09. The minimum atomic E-state index is -4.66. The van der Waals surface area contributed by atoms with Gasteiger partial charge in [-0.2, -0.15) is 18.4 Å².